The summed E-state index contributed by atoms with van der Waals surface area (Å²) in [5, 5.41) is 9.37. The van der Waals surface area contributed by atoms with Crippen LogP contribution in [0.5, 0.6) is 5.75 Å². The number of alkyl halides is 3. The van der Waals surface area contributed by atoms with Gasteiger partial charge in [0.05, 0.1) is 12.2 Å². The van der Waals surface area contributed by atoms with Gasteiger partial charge in [0, 0.05) is 25.4 Å². The Balaban J connectivity index is 1.57. The normalized spacial score (nSPS) is 16.6. The number of piperidine rings is 1. The van der Waals surface area contributed by atoms with E-state index in [1.807, 2.05) is 25.1 Å². The molecule has 1 fully saturated rings. The van der Waals surface area contributed by atoms with Crippen LogP contribution in [0.2, 0.25) is 0 Å². The van der Waals surface area contributed by atoms with E-state index in [2.05, 4.69) is 0 Å². The number of aryl methyl sites for hydroxylation is 1. The average molecular weight is 494 g/mol. The van der Waals surface area contributed by atoms with Crippen LogP contribution in [-0.4, -0.2) is 47.4 Å². The highest BCUT2D eigenvalue weighted by molar-refractivity contribution is 5.76. The molecule has 0 unspecified atom stereocenters. The first-order chi connectivity index (χ1) is 16.4. The zero-order chi connectivity index (χ0) is 25.8. The maximum absolute atomic E-state index is 12.7. The van der Waals surface area contributed by atoms with Crippen LogP contribution in [0.1, 0.15) is 54.9 Å². The fourth-order valence-corrected chi connectivity index (χ4v) is 3.92. The number of amides is 1. The van der Waals surface area contributed by atoms with Crippen LogP contribution in [0.3, 0.4) is 0 Å². The summed E-state index contributed by atoms with van der Waals surface area (Å²) in [6.45, 7) is 5.90. The van der Waals surface area contributed by atoms with Gasteiger partial charge >= 0.3 is 18.2 Å². The van der Waals surface area contributed by atoms with E-state index < -0.39 is 29.4 Å². The number of likely N-dealkylation sites (tertiary alicyclic amines) is 1. The first-order valence-corrected chi connectivity index (χ1v) is 11.5. The number of ether oxygens (including phenoxy) is 2. The molecule has 0 aliphatic carbocycles. The van der Waals surface area contributed by atoms with Gasteiger partial charge in [-0.25, -0.2) is 9.59 Å². The first kappa shape index (κ1) is 26.4. The zero-order valence-electron chi connectivity index (χ0n) is 20.0. The molecule has 1 N–H and O–H groups in total. The maximum Gasteiger partial charge on any atom is 0.416 e. The number of carboxylic acids is 1. The number of carboxylic acid groups (broad SMARTS) is 1. The average Bonchev–Trinajstić information content (AvgIpc) is 2.80. The molecule has 0 aromatic heterocycles. The second kappa shape index (κ2) is 10.6. The van der Waals surface area contributed by atoms with E-state index in [9.17, 15) is 27.9 Å². The highest BCUT2D eigenvalue weighted by Gasteiger charge is 2.32. The number of carbonyl (C=O) groups is 2. The molecule has 190 valence electrons. The monoisotopic (exact) mass is 493 g/mol. The van der Waals surface area contributed by atoms with Crippen molar-refractivity contribution in [2.24, 2.45) is 0 Å². The number of benzene rings is 2. The van der Waals surface area contributed by atoms with Crippen LogP contribution < -0.4 is 4.74 Å². The lowest BCUT2D eigenvalue weighted by Crippen LogP contribution is -2.40. The lowest BCUT2D eigenvalue weighted by atomic mass is 9.90. The number of carbonyl (C=O) groups excluding carboxylic acids is 1. The van der Waals surface area contributed by atoms with E-state index in [4.69, 9.17) is 9.47 Å². The number of halogens is 3. The quantitative estimate of drug-likeness (QED) is 0.527. The van der Waals surface area contributed by atoms with Crippen molar-refractivity contribution in [2.75, 3.05) is 19.7 Å². The highest BCUT2D eigenvalue weighted by Crippen LogP contribution is 2.33. The molecule has 6 nitrogen and oxygen atoms in total. The summed E-state index contributed by atoms with van der Waals surface area (Å²) in [6, 6.07) is 10.5. The van der Waals surface area contributed by atoms with E-state index in [1.165, 1.54) is 26.0 Å². The molecule has 1 heterocycles. The molecule has 2 aromatic rings. The lowest BCUT2D eigenvalue weighted by Gasteiger charge is -2.33. The SMILES string of the molecule is Cc1ccc([C@@H]2CCCN(C(=O)OCCc3ccc(C(F)(F)F)cc3)C2)cc1OC(C)(C)C(=O)O. The summed E-state index contributed by atoms with van der Waals surface area (Å²) in [7, 11) is 0. The van der Waals surface area contributed by atoms with Crippen molar-refractivity contribution in [1.82, 2.24) is 4.90 Å². The summed E-state index contributed by atoms with van der Waals surface area (Å²) in [4.78, 5) is 25.7. The summed E-state index contributed by atoms with van der Waals surface area (Å²) in [6.07, 6.45) is -2.88. The van der Waals surface area contributed by atoms with Crippen molar-refractivity contribution in [3.05, 3.63) is 64.7 Å². The minimum atomic E-state index is -4.38. The molecule has 0 spiro atoms. The van der Waals surface area contributed by atoms with Crippen molar-refractivity contribution < 1.29 is 37.3 Å². The van der Waals surface area contributed by atoms with Gasteiger partial charge < -0.3 is 19.5 Å². The van der Waals surface area contributed by atoms with Gasteiger partial charge in [0.1, 0.15) is 5.75 Å². The summed E-state index contributed by atoms with van der Waals surface area (Å²) < 4.78 is 49.2. The molecule has 9 heteroatoms. The number of hydrogen-bond acceptors (Lipinski definition) is 4. The Bertz CT molecular complexity index is 1050. The Hall–Kier alpha value is -3.23. The third-order valence-corrected chi connectivity index (χ3v) is 6.14. The Morgan fingerprint density at radius 2 is 1.80 bits per heavy atom. The van der Waals surface area contributed by atoms with Gasteiger partial charge in [0.15, 0.2) is 5.60 Å². The molecule has 3 rings (SSSR count). The molecule has 0 bridgehead atoms. The Labute approximate surface area is 202 Å². The molecular weight excluding hydrogens is 463 g/mol. The minimum Gasteiger partial charge on any atom is -0.478 e. The van der Waals surface area contributed by atoms with Gasteiger partial charge in [-0.05, 0) is 68.5 Å². The third-order valence-electron chi connectivity index (χ3n) is 6.14. The van der Waals surface area contributed by atoms with Crippen LogP contribution in [0.25, 0.3) is 0 Å². The number of hydrogen-bond donors (Lipinski definition) is 1. The van der Waals surface area contributed by atoms with Crippen LogP contribution >= 0.6 is 0 Å². The molecule has 1 aliphatic rings. The van der Waals surface area contributed by atoms with Crippen LogP contribution in [0.4, 0.5) is 18.0 Å². The molecule has 1 atom stereocenters. The van der Waals surface area contributed by atoms with Crippen molar-refractivity contribution in [3.63, 3.8) is 0 Å². The van der Waals surface area contributed by atoms with Gasteiger partial charge in [-0.3, -0.25) is 0 Å². The van der Waals surface area contributed by atoms with Crippen molar-refractivity contribution in [1.29, 1.82) is 0 Å². The molecule has 1 saturated heterocycles. The third kappa shape index (κ3) is 6.90. The Kier molecular flexibility index (Phi) is 7.97. The predicted molar refractivity (Wildman–Crippen MR) is 124 cm³/mol. The smallest absolute Gasteiger partial charge is 0.416 e. The number of rotatable bonds is 7. The largest absolute Gasteiger partial charge is 0.478 e. The van der Waals surface area contributed by atoms with Gasteiger partial charge in [-0.15, -0.1) is 0 Å². The maximum atomic E-state index is 12.7. The van der Waals surface area contributed by atoms with Crippen molar-refractivity contribution >= 4 is 12.1 Å². The lowest BCUT2D eigenvalue weighted by molar-refractivity contribution is -0.152. The second-order valence-electron chi connectivity index (χ2n) is 9.29. The van der Waals surface area contributed by atoms with Gasteiger partial charge in [-0.1, -0.05) is 24.3 Å². The number of nitrogens with zero attached hydrogens (tertiary/aromatic N) is 1. The molecule has 0 radical (unpaired) electrons. The van der Waals surface area contributed by atoms with Crippen molar-refractivity contribution in [2.45, 2.75) is 57.7 Å². The number of aliphatic carboxylic acids is 1. The summed E-state index contributed by atoms with van der Waals surface area (Å²) in [5.74, 6) is -0.529. The molecule has 1 aliphatic heterocycles. The summed E-state index contributed by atoms with van der Waals surface area (Å²) in [5.41, 5.74) is 0.332. The Morgan fingerprint density at radius 1 is 1.11 bits per heavy atom. The van der Waals surface area contributed by atoms with Crippen LogP contribution in [0.15, 0.2) is 42.5 Å². The minimum absolute atomic E-state index is 0.0436. The highest BCUT2D eigenvalue weighted by atomic mass is 19.4. The van der Waals surface area contributed by atoms with Crippen LogP contribution in [-0.2, 0) is 22.1 Å². The van der Waals surface area contributed by atoms with Gasteiger partial charge in [0.2, 0.25) is 0 Å². The Morgan fingerprint density at radius 3 is 2.43 bits per heavy atom. The molecular formula is C26H30F3NO5. The van der Waals surface area contributed by atoms with E-state index in [1.54, 1.807) is 4.90 Å². The summed E-state index contributed by atoms with van der Waals surface area (Å²) >= 11 is 0. The van der Waals surface area contributed by atoms with Crippen LogP contribution in [0, 0.1) is 6.92 Å². The molecule has 1 amide bonds. The fraction of sp³-hybridized carbons (Fsp3) is 0.462. The van der Waals surface area contributed by atoms with E-state index in [0.717, 1.165) is 36.1 Å². The van der Waals surface area contributed by atoms with Gasteiger partial charge in [-0.2, -0.15) is 13.2 Å². The molecule has 0 saturated carbocycles. The van der Waals surface area contributed by atoms with E-state index in [0.29, 0.717) is 30.8 Å². The van der Waals surface area contributed by atoms with Gasteiger partial charge in [0.25, 0.3) is 0 Å². The first-order valence-electron chi connectivity index (χ1n) is 11.5. The standard InChI is InChI=1S/C26H30F3NO5/c1-17-6-9-19(15-22(17)35-25(2,3)23(31)32)20-5-4-13-30(16-20)24(33)34-14-12-18-7-10-21(11-8-18)26(27,28)29/h6-11,15,20H,4-5,12-14,16H2,1-3H3,(H,31,32)/t20-/m1/s1. The predicted octanol–water partition coefficient (Wildman–Crippen LogP) is 5.81. The van der Waals surface area contributed by atoms with Crippen molar-refractivity contribution in [3.8, 4) is 5.75 Å². The zero-order valence-corrected chi connectivity index (χ0v) is 20.0. The topological polar surface area (TPSA) is 76.1 Å². The molecule has 35 heavy (non-hydrogen) atoms. The molecule has 2 aromatic carbocycles. The second-order valence-corrected chi connectivity index (χ2v) is 9.29. The fourth-order valence-electron chi connectivity index (χ4n) is 3.92. The van der Waals surface area contributed by atoms with E-state index >= 15 is 0 Å². The van der Waals surface area contributed by atoms with E-state index in [-0.39, 0.29) is 12.5 Å².